The van der Waals surface area contributed by atoms with Gasteiger partial charge in [0.1, 0.15) is 0 Å². The Labute approximate surface area is 84.3 Å². The summed E-state index contributed by atoms with van der Waals surface area (Å²) in [5.74, 6) is -0.512. The van der Waals surface area contributed by atoms with Crippen molar-refractivity contribution in [1.82, 2.24) is 10.6 Å². The molecule has 0 aromatic carbocycles. The molecule has 0 aromatic heterocycles. The van der Waals surface area contributed by atoms with Crippen LogP contribution in [0, 0.1) is 0 Å². The SMILES string of the molecule is CNC(C)(C)C(=O)NCCS(N)(=O)=O. The minimum absolute atomic E-state index is 0.0305. The van der Waals surface area contributed by atoms with Crippen LogP contribution in [0.1, 0.15) is 13.8 Å². The fourth-order valence-corrected chi connectivity index (χ4v) is 1.03. The highest BCUT2D eigenvalue weighted by atomic mass is 32.2. The van der Waals surface area contributed by atoms with E-state index in [2.05, 4.69) is 10.6 Å². The third-order valence-electron chi connectivity index (χ3n) is 1.86. The van der Waals surface area contributed by atoms with Gasteiger partial charge in [-0.15, -0.1) is 0 Å². The molecule has 1 amide bonds. The highest BCUT2D eigenvalue weighted by Gasteiger charge is 2.24. The van der Waals surface area contributed by atoms with E-state index in [0.29, 0.717) is 0 Å². The average Bonchev–Trinajstić information content (AvgIpc) is 2.02. The number of carbonyl (C=O) groups is 1. The second-order valence-electron chi connectivity index (χ2n) is 3.50. The van der Waals surface area contributed by atoms with Gasteiger partial charge in [0.05, 0.1) is 11.3 Å². The van der Waals surface area contributed by atoms with Crippen LogP contribution in [0.5, 0.6) is 0 Å². The lowest BCUT2D eigenvalue weighted by Crippen LogP contribution is -2.52. The Bertz CT molecular complexity index is 297. The Balaban J connectivity index is 3.99. The van der Waals surface area contributed by atoms with Crippen LogP contribution in [0.2, 0.25) is 0 Å². The number of hydrogen-bond acceptors (Lipinski definition) is 4. The number of amides is 1. The summed E-state index contributed by atoms with van der Waals surface area (Å²) in [6.07, 6.45) is 0. The van der Waals surface area contributed by atoms with E-state index in [9.17, 15) is 13.2 Å². The van der Waals surface area contributed by atoms with Gasteiger partial charge in [-0.25, -0.2) is 13.6 Å². The van der Waals surface area contributed by atoms with Crippen molar-refractivity contribution in [2.75, 3.05) is 19.3 Å². The van der Waals surface area contributed by atoms with Crippen molar-refractivity contribution in [3.8, 4) is 0 Å². The molecule has 0 unspecified atom stereocenters. The van der Waals surface area contributed by atoms with Gasteiger partial charge in [-0.05, 0) is 20.9 Å². The minimum atomic E-state index is -3.51. The van der Waals surface area contributed by atoms with Crippen molar-refractivity contribution >= 4 is 15.9 Å². The van der Waals surface area contributed by atoms with Gasteiger partial charge < -0.3 is 10.6 Å². The molecule has 0 aliphatic carbocycles. The lowest BCUT2D eigenvalue weighted by Gasteiger charge is -2.22. The molecule has 0 heterocycles. The largest absolute Gasteiger partial charge is 0.353 e. The molecule has 0 aliphatic heterocycles. The standard InChI is InChI=1S/C7H17N3O3S/c1-7(2,9-3)6(11)10-4-5-14(8,12)13/h9H,4-5H2,1-3H3,(H,10,11)(H2,8,12,13). The van der Waals surface area contributed by atoms with Gasteiger partial charge in [-0.3, -0.25) is 4.79 Å². The van der Waals surface area contributed by atoms with Crippen LogP contribution in [-0.4, -0.2) is 39.2 Å². The number of sulfonamides is 1. The van der Waals surface area contributed by atoms with Gasteiger partial charge in [0.2, 0.25) is 15.9 Å². The van der Waals surface area contributed by atoms with Crippen LogP contribution in [0.15, 0.2) is 0 Å². The Morgan fingerprint density at radius 2 is 1.93 bits per heavy atom. The number of nitrogens with two attached hydrogens (primary N) is 1. The van der Waals surface area contributed by atoms with Crippen molar-refractivity contribution in [3.05, 3.63) is 0 Å². The molecule has 84 valence electrons. The summed E-state index contributed by atoms with van der Waals surface area (Å²) in [7, 11) is -1.86. The van der Waals surface area contributed by atoms with Crippen LogP contribution >= 0.6 is 0 Å². The van der Waals surface area contributed by atoms with E-state index in [-0.39, 0.29) is 18.2 Å². The lowest BCUT2D eigenvalue weighted by molar-refractivity contribution is -0.126. The molecule has 0 aromatic rings. The van der Waals surface area contributed by atoms with Crippen molar-refractivity contribution < 1.29 is 13.2 Å². The average molecular weight is 223 g/mol. The predicted octanol–water partition coefficient (Wildman–Crippen LogP) is -1.61. The van der Waals surface area contributed by atoms with Crippen LogP contribution in [-0.2, 0) is 14.8 Å². The first-order valence-electron chi connectivity index (χ1n) is 4.17. The third kappa shape index (κ3) is 5.15. The molecule has 0 saturated carbocycles. The quantitative estimate of drug-likeness (QED) is 0.522. The smallest absolute Gasteiger partial charge is 0.239 e. The zero-order chi connectivity index (χ0) is 11.4. The number of nitrogens with one attached hydrogen (secondary N) is 2. The van der Waals surface area contributed by atoms with E-state index in [1.807, 2.05) is 0 Å². The fraction of sp³-hybridized carbons (Fsp3) is 0.857. The maximum atomic E-state index is 11.4. The number of primary sulfonamides is 1. The molecule has 0 radical (unpaired) electrons. The molecule has 0 spiro atoms. The number of rotatable bonds is 5. The fourth-order valence-electron chi connectivity index (χ4n) is 0.641. The first kappa shape index (κ1) is 13.3. The van der Waals surface area contributed by atoms with Gasteiger partial charge in [-0.1, -0.05) is 0 Å². The third-order valence-corrected chi connectivity index (χ3v) is 2.64. The van der Waals surface area contributed by atoms with Crippen LogP contribution in [0.3, 0.4) is 0 Å². The lowest BCUT2D eigenvalue weighted by atomic mass is 10.1. The van der Waals surface area contributed by atoms with Crippen molar-refractivity contribution in [3.63, 3.8) is 0 Å². The normalized spacial score (nSPS) is 12.6. The second-order valence-corrected chi connectivity index (χ2v) is 5.23. The second kappa shape index (κ2) is 4.72. The molecule has 7 heteroatoms. The van der Waals surface area contributed by atoms with Crippen molar-refractivity contribution in [2.45, 2.75) is 19.4 Å². The van der Waals surface area contributed by atoms with E-state index in [1.54, 1.807) is 20.9 Å². The Morgan fingerprint density at radius 3 is 2.29 bits per heavy atom. The summed E-state index contributed by atoms with van der Waals surface area (Å²) < 4.78 is 21.1. The molecule has 6 nitrogen and oxygen atoms in total. The zero-order valence-electron chi connectivity index (χ0n) is 8.62. The molecule has 14 heavy (non-hydrogen) atoms. The highest BCUT2D eigenvalue weighted by molar-refractivity contribution is 7.89. The molecular formula is C7H17N3O3S. The van der Waals surface area contributed by atoms with E-state index < -0.39 is 15.6 Å². The summed E-state index contributed by atoms with van der Waals surface area (Å²) in [5, 5.41) is 10.0. The number of likely N-dealkylation sites (N-methyl/N-ethyl adjacent to an activating group) is 1. The number of hydrogen-bond donors (Lipinski definition) is 3. The molecular weight excluding hydrogens is 206 g/mol. The monoisotopic (exact) mass is 223 g/mol. The summed E-state index contributed by atoms with van der Waals surface area (Å²) in [6, 6.07) is 0. The molecule has 0 aliphatic rings. The van der Waals surface area contributed by atoms with Gasteiger partial charge in [0.15, 0.2) is 0 Å². The van der Waals surface area contributed by atoms with E-state index in [4.69, 9.17) is 5.14 Å². The number of carbonyl (C=O) groups excluding carboxylic acids is 1. The summed E-state index contributed by atoms with van der Waals surface area (Å²) in [6.45, 7) is 3.42. The molecule has 0 saturated heterocycles. The van der Waals surface area contributed by atoms with Crippen LogP contribution in [0.25, 0.3) is 0 Å². The molecule has 0 bridgehead atoms. The van der Waals surface area contributed by atoms with Gasteiger partial charge in [-0.2, -0.15) is 0 Å². The van der Waals surface area contributed by atoms with Crippen LogP contribution in [0.4, 0.5) is 0 Å². The van der Waals surface area contributed by atoms with E-state index in [1.165, 1.54) is 0 Å². The van der Waals surface area contributed by atoms with E-state index in [0.717, 1.165) is 0 Å². The predicted molar refractivity (Wildman–Crippen MR) is 54.1 cm³/mol. The van der Waals surface area contributed by atoms with Gasteiger partial charge in [0.25, 0.3) is 0 Å². The highest BCUT2D eigenvalue weighted by Crippen LogP contribution is 1.99. The van der Waals surface area contributed by atoms with Gasteiger partial charge in [0, 0.05) is 6.54 Å². The molecule has 0 fully saturated rings. The van der Waals surface area contributed by atoms with Gasteiger partial charge >= 0.3 is 0 Å². The molecule has 0 rings (SSSR count). The minimum Gasteiger partial charge on any atom is -0.353 e. The molecule has 0 atom stereocenters. The molecule has 4 N–H and O–H groups in total. The maximum absolute atomic E-state index is 11.4. The van der Waals surface area contributed by atoms with E-state index >= 15 is 0 Å². The first-order chi connectivity index (χ1) is 6.19. The van der Waals surface area contributed by atoms with Crippen molar-refractivity contribution in [1.29, 1.82) is 0 Å². The van der Waals surface area contributed by atoms with Crippen molar-refractivity contribution in [2.24, 2.45) is 5.14 Å². The maximum Gasteiger partial charge on any atom is 0.239 e. The summed E-state index contributed by atoms with van der Waals surface area (Å²) in [5.41, 5.74) is -0.710. The first-order valence-corrected chi connectivity index (χ1v) is 5.88. The van der Waals surface area contributed by atoms with Crippen LogP contribution < -0.4 is 15.8 Å². The topological polar surface area (TPSA) is 101 Å². The summed E-state index contributed by atoms with van der Waals surface area (Å²) >= 11 is 0. The zero-order valence-corrected chi connectivity index (χ0v) is 9.44. The Morgan fingerprint density at radius 1 is 1.43 bits per heavy atom. The summed E-state index contributed by atoms with van der Waals surface area (Å²) in [4.78, 5) is 11.4. The Kier molecular flexibility index (Phi) is 4.50. The Hall–Kier alpha value is -0.660.